The van der Waals surface area contributed by atoms with Crippen LogP contribution in [0, 0.1) is 0 Å². The Morgan fingerprint density at radius 1 is 1.15 bits per heavy atom. The summed E-state index contributed by atoms with van der Waals surface area (Å²) in [6, 6.07) is 7.35. The molecular weight excluding hydrogens is 274 g/mol. The highest BCUT2D eigenvalue weighted by Gasteiger charge is 2.25. The Morgan fingerprint density at radius 2 is 1.85 bits per heavy atom. The van der Waals surface area contributed by atoms with Crippen molar-refractivity contribution in [1.82, 2.24) is 10.2 Å². The van der Waals surface area contributed by atoms with Gasteiger partial charge in [0.05, 0.1) is 0 Å². The molecule has 0 spiro atoms. The number of halogens is 1. The molecule has 1 amide bonds. The van der Waals surface area contributed by atoms with Gasteiger partial charge in [0, 0.05) is 18.1 Å². The van der Waals surface area contributed by atoms with E-state index in [-0.39, 0.29) is 5.91 Å². The first-order valence-electron chi connectivity index (χ1n) is 6.85. The van der Waals surface area contributed by atoms with Crippen LogP contribution >= 0.6 is 11.6 Å². The van der Waals surface area contributed by atoms with Crippen molar-refractivity contribution < 1.29 is 4.79 Å². The van der Waals surface area contributed by atoms with Gasteiger partial charge in [-0.25, -0.2) is 4.99 Å². The monoisotopic (exact) mass is 289 g/mol. The van der Waals surface area contributed by atoms with Gasteiger partial charge in [0.1, 0.15) is 5.70 Å². The normalized spacial score (nSPS) is 21.1. The van der Waals surface area contributed by atoms with E-state index in [9.17, 15) is 4.79 Å². The first-order chi connectivity index (χ1) is 9.72. The Hall–Kier alpha value is -1.81. The topological polar surface area (TPSA) is 44.7 Å². The van der Waals surface area contributed by atoms with E-state index in [1.165, 1.54) is 6.42 Å². The van der Waals surface area contributed by atoms with Crippen LogP contribution in [0.4, 0.5) is 0 Å². The number of amides is 1. The molecule has 5 heteroatoms. The van der Waals surface area contributed by atoms with Crippen LogP contribution in [-0.4, -0.2) is 29.9 Å². The lowest BCUT2D eigenvalue weighted by Crippen LogP contribution is -2.43. The van der Waals surface area contributed by atoms with Crippen LogP contribution in [0.2, 0.25) is 5.02 Å². The number of benzene rings is 1. The van der Waals surface area contributed by atoms with Crippen molar-refractivity contribution in [3.05, 3.63) is 40.5 Å². The molecule has 1 saturated heterocycles. The quantitative estimate of drug-likeness (QED) is 0.808. The molecule has 4 nitrogen and oxygen atoms in total. The van der Waals surface area contributed by atoms with Crippen molar-refractivity contribution in [2.45, 2.75) is 19.3 Å². The summed E-state index contributed by atoms with van der Waals surface area (Å²) in [6.45, 7) is 1.93. The first-order valence-corrected chi connectivity index (χ1v) is 7.22. The maximum atomic E-state index is 12.0. The van der Waals surface area contributed by atoms with Gasteiger partial charge in [0.2, 0.25) is 5.96 Å². The summed E-state index contributed by atoms with van der Waals surface area (Å²) < 4.78 is 0. The second-order valence-corrected chi connectivity index (χ2v) is 5.45. The van der Waals surface area contributed by atoms with Gasteiger partial charge in [0.25, 0.3) is 5.91 Å². The van der Waals surface area contributed by atoms with E-state index >= 15 is 0 Å². The first kappa shape index (κ1) is 13.2. The van der Waals surface area contributed by atoms with E-state index in [1.807, 2.05) is 12.1 Å². The SMILES string of the molecule is O=C1NC(N2CCCCC2)=NC1=Cc1ccc(Cl)cc1. The zero-order valence-corrected chi connectivity index (χ0v) is 11.9. The molecule has 2 aliphatic heterocycles. The molecule has 2 aliphatic rings. The number of aliphatic imine (C=N–C) groups is 1. The van der Waals surface area contributed by atoms with Crippen molar-refractivity contribution in [1.29, 1.82) is 0 Å². The summed E-state index contributed by atoms with van der Waals surface area (Å²) in [6.07, 6.45) is 5.35. The zero-order valence-electron chi connectivity index (χ0n) is 11.1. The predicted octanol–water partition coefficient (Wildman–Crippen LogP) is 2.65. The minimum Gasteiger partial charge on any atom is -0.342 e. The van der Waals surface area contributed by atoms with Gasteiger partial charge >= 0.3 is 0 Å². The number of piperidine rings is 1. The Kier molecular flexibility index (Phi) is 3.74. The van der Waals surface area contributed by atoms with E-state index < -0.39 is 0 Å². The second kappa shape index (κ2) is 5.67. The Bertz CT molecular complexity index is 571. The lowest BCUT2D eigenvalue weighted by atomic mass is 10.1. The van der Waals surface area contributed by atoms with E-state index in [0.717, 1.165) is 31.5 Å². The number of hydrogen-bond acceptors (Lipinski definition) is 3. The van der Waals surface area contributed by atoms with E-state index in [4.69, 9.17) is 11.6 Å². The molecule has 3 rings (SSSR count). The number of hydrogen-bond donors (Lipinski definition) is 1. The van der Waals surface area contributed by atoms with Crippen LogP contribution in [0.3, 0.4) is 0 Å². The smallest absolute Gasteiger partial charge is 0.276 e. The van der Waals surface area contributed by atoms with Crippen LogP contribution in [0.1, 0.15) is 24.8 Å². The molecular formula is C15H16ClN3O. The number of guanidine groups is 1. The second-order valence-electron chi connectivity index (χ2n) is 5.02. The van der Waals surface area contributed by atoms with Gasteiger partial charge in [0.15, 0.2) is 0 Å². The highest BCUT2D eigenvalue weighted by Crippen LogP contribution is 2.17. The van der Waals surface area contributed by atoms with Crippen LogP contribution in [0.25, 0.3) is 6.08 Å². The zero-order chi connectivity index (χ0) is 13.9. The van der Waals surface area contributed by atoms with Gasteiger partial charge in [-0.05, 0) is 43.0 Å². The highest BCUT2D eigenvalue weighted by molar-refractivity contribution is 6.30. The minimum atomic E-state index is -0.138. The van der Waals surface area contributed by atoms with Gasteiger partial charge in [-0.2, -0.15) is 0 Å². The minimum absolute atomic E-state index is 0.138. The summed E-state index contributed by atoms with van der Waals surface area (Å²) in [5.41, 5.74) is 1.37. The molecule has 1 N–H and O–H groups in total. The molecule has 0 bridgehead atoms. The van der Waals surface area contributed by atoms with E-state index in [0.29, 0.717) is 16.7 Å². The molecule has 1 fully saturated rings. The van der Waals surface area contributed by atoms with Crippen molar-refractivity contribution in [3.8, 4) is 0 Å². The molecule has 0 aromatic heterocycles. The molecule has 0 radical (unpaired) electrons. The lowest BCUT2D eigenvalue weighted by Gasteiger charge is -2.27. The molecule has 0 unspecified atom stereocenters. The van der Waals surface area contributed by atoms with E-state index in [2.05, 4.69) is 15.2 Å². The largest absolute Gasteiger partial charge is 0.342 e. The van der Waals surface area contributed by atoms with E-state index in [1.54, 1.807) is 18.2 Å². The summed E-state index contributed by atoms with van der Waals surface area (Å²) in [7, 11) is 0. The average Bonchev–Trinajstić information content (AvgIpc) is 2.84. The Balaban J connectivity index is 1.80. The highest BCUT2D eigenvalue weighted by atomic mass is 35.5. The maximum absolute atomic E-state index is 12.0. The van der Waals surface area contributed by atoms with Crippen LogP contribution < -0.4 is 5.32 Å². The van der Waals surface area contributed by atoms with Crippen LogP contribution in [-0.2, 0) is 4.79 Å². The number of likely N-dealkylation sites (tertiary alicyclic amines) is 1. The molecule has 2 heterocycles. The molecule has 1 aromatic carbocycles. The van der Waals surface area contributed by atoms with Crippen molar-refractivity contribution >= 4 is 29.5 Å². The predicted molar refractivity (Wildman–Crippen MR) is 80.4 cm³/mol. The number of rotatable bonds is 1. The van der Waals surface area contributed by atoms with Crippen LogP contribution in [0.5, 0.6) is 0 Å². The van der Waals surface area contributed by atoms with Crippen molar-refractivity contribution in [2.24, 2.45) is 4.99 Å². The molecule has 20 heavy (non-hydrogen) atoms. The molecule has 0 atom stereocenters. The third-order valence-corrected chi connectivity index (χ3v) is 3.77. The maximum Gasteiger partial charge on any atom is 0.276 e. The van der Waals surface area contributed by atoms with Crippen LogP contribution in [0.15, 0.2) is 35.0 Å². The van der Waals surface area contributed by atoms with Crippen molar-refractivity contribution in [2.75, 3.05) is 13.1 Å². The summed E-state index contributed by atoms with van der Waals surface area (Å²) in [4.78, 5) is 18.5. The van der Waals surface area contributed by atoms with Gasteiger partial charge in [-0.3, -0.25) is 10.1 Å². The number of nitrogens with one attached hydrogen (secondary N) is 1. The third-order valence-electron chi connectivity index (χ3n) is 3.51. The molecule has 104 valence electrons. The fourth-order valence-electron chi connectivity index (χ4n) is 2.43. The summed E-state index contributed by atoms with van der Waals surface area (Å²) in [5.74, 6) is 0.551. The Morgan fingerprint density at radius 3 is 2.55 bits per heavy atom. The fourth-order valence-corrected chi connectivity index (χ4v) is 2.55. The molecule has 0 saturated carbocycles. The summed E-state index contributed by atoms with van der Waals surface area (Å²) >= 11 is 5.85. The number of carbonyl (C=O) groups is 1. The standard InChI is InChI=1S/C15H16ClN3O/c16-12-6-4-11(5-7-12)10-13-14(20)18-15(17-13)19-8-2-1-3-9-19/h4-7,10H,1-3,8-9H2,(H,17,18,20). The summed E-state index contributed by atoms with van der Waals surface area (Å²) in [5, 5.41) is 3.53. The van der Waals surface area contributed by atoms with Gasteiger partial charge < -0.3 is 4.90 Å². The molecule has 1 aromatic rings. The third kappa shape index (κ3) is 2.85. The number of nitrogens with zero attached hydrogens (tertiary/aromatic N) is 2. The van der Waals surface area contributed by atoms with Crippen molar-refractivity contribution in [3.63, 3.8) is 0 Å². The lowest BCUT2D eigenvalue weighted by molar-refractivity contribution is -0.115. The van der Waals surface area contributed by atoms with Gasteiger partial charge in [-0.1, -0.05) is 23.7 Å². The number of carbonyl (C=O) groups excluding carboxylic acids is 1. The fraction of sp³-hybridized carbons (Fsp3) is 0.333. The Labute approximate surface area is 123 Å². The molecule has 0 aliphatic carbocycles. The average molecular weight is 290 g/mol. The van der Waals surface area contributed by atoms with Gasteiger partial charge in [-0.15, -0.1) is 0 Å².